The zero-order valence-electron chi connectivity index (χ0n) is 12.2. The van der Waals surface area contributed by atoms with Gasteiger partial charge in [0.1, 0.15) is 0 Å². The predicted molar refractivity (Wildman–Crippen MR) is 86.9 cm³/mol. The van der Waals surface area contributed by atoms with Crippen LogP contribution >= 0.6 is 11.6 Å². The summed E-state index contributed by atoms with van der Waals surface area (Å²) in [6.07, 6.45) is 6.98. The molecule has 2 aromatic rings. The van der Waals surface area contributed by atoms with E-state index in [2.05, 4.69) is 10.3 Å². The summed E-state index contributed by atoms with van der Waals surface area (Å²) >= 11 is 6.03. The van der Waals surface area contributed by atoms with Crippen LogP contribution in [0.15, 0.2) is 30.5 Å². The molecule has 0 bridgehead atoms. The molecule has 1 saturated carbocycles. The number of benzene rings is 1. The normalized spacial score (nSPS) is 17.6. The van der Waals surface area contributed by atoms with Crippen LogP contribution in [0.2, 0.25) is 5.02 Å². The Morgan fingerprint density at radius 1 is 1.24 bits per heavy atom. The number of Topliss-reactive ketones (excluding diaryl/α,β-unsaturated/α-hetero) is 1. The molecule has 1 heterocycles. The summed E-state index contributed by atoms with van der Waals surface area (Å²) in [6.45, 7) is 1.69. The highest BCUT2D eigenvalue weighted by Gasteiger charge is 2.36. The van der Waals surface area contributed by atoms with Gasteiger partial charge in [0.15, 0.2) is 5.78 Å². The lowest BCUT2D eigenvalue weighted by Gasteiger charge is -2.37. The molecule has 110 valence electrons. The fraction of sp³-hybridized carbons (Fsp3) is 0.412. The number of fused-ring (bicyclic) bond motifs is 1. The van der Waals surface area contributed by atoms with Crippen molar-refractivity contribution in [1.82, 2.24) is 4.98 Å². The minimum Gasteiger partial charge on any atom is -0.372 e. The Bertz CT molecular complexity index is 678. The summed E-state index contributed by atoms with van der Waals surface area (Å²) < 4.78 is 0. The number of halogens is 1. The minimum absolute atomic E-state index is 0.223. The predicted octanol–water partition coefficient (Wildman–Crippen LogP) is 4.59. The zero-order chi connectivity index (χ0) is 14.9. The van der Waals surface area contributed by atoms with Gasteiger partial charge < -0.3 is 5.32 Å². The molecule has 1 aromatic heterocycles. The average molecular weight is 303 g/mol. The summed E-state index contributed by atoms with van der Waals surface area (Å²) in [7, 11) is 0. The van der Waals surface area contributed by atoms with Crippen molar-refractivity contribution < 1.29 is 4.79 Å². The Morgan fingerprint density at radius 3 is 2.71 bits per heavy atom. The van der Waals surface area contributed by atoms with Crippen molar-refractivity contribution in [2.45, 2.75) is 44.6 Å². The van der Waals surface area contributed by atoms with E-state index in [1.54, 1.807) is 13.1 Å². The lowest BCUT2D eigenvalue weighted by Crippen LogP contribution is -2.46. The number of carbonyl (C=O) groups excluding carboxylic acids is 1. The van der Waals surface area contributed by atoms with Gasteiger partial charge in [0.2, 0.25) is 0 Å². The summed E-state index contributed by atoms with van der Waals surface area (Å²) in [4.78, 5) is 16.6. The minimum atomic E-state index is -0.424. The van der Waals surface area contributed by atoms with Gasteiger partial charge in [-0.15, -0.1) is 0 Å². The maximum Gasteiger partial charge on any atom is 0.155 e. The Morgan fingerprint density at radius 2 is 2.00 bits per heavy atom. The van der Waals surface area contributed by atoms with E-state index in [1.807, 2.05) is 24.3 Å². The van der Waals surface area contributed by atoms with E-state index in [1.165, 1.54) is 6.42 Å². The molecule has 0 saturated heterocycles. The zero-order valence-corrected chi connectivity index (χ0v) is 12.9. The quantitative estimate of drug-likeness (QED) is 0.901. The molecule has 1 N–H and O–H groups in total. The van der Waals surface area contributed by atoms with Crippen LogP contribution in [0.3, 0.4) is 0 Å². The van der Waals surface area contributed by atoms with Crippen LogP contribution in [0.4, 0.5) is 5.69 Å². The third-order valence-electron chi connectivity index (χ3n) is 4.46. The molecule has 21 heavy (non-hydrogen) atoms. The molecule has 0 atom stereocenters. The highest BCUT2D eigenvalue weighted by Crippen LogP contribution is 2.35. The van der Waals surface area contributed by atoms with Gasteiger partial charge in [0.05, 0.1) is 11.1 Å². The van der Waals surface area contributed by atoms with Gasteiger partial charge in [-0.05, 0) is 44.0 Å². The second-order valence-electron chi connectivity index (χ2n) is 5.84. The van der Waals surface area contributed by atoms with Crippen LogP contribution in [0.5, 0.6) is 0 Å². The van der Waals surface area contributed by atoms with Crippen LogP contribution in [0.1, 0.15) is 39.0 Å². The molecule has 0 spiro atoms. The molecule has 1 aliphatic rings. The highest BCUT2D eigenvalue weighted by atomic mass is 35.5. The summed E-state index contributed by atoms with van der Waals surface area (Å²) in [6, 6.07) is 7.61. The first-order valence-electron chi connectivity index (χ1n) is 7.44. The van der Waals surface area contributed by atoms with Gasteiger partial charge in [-0.3, -0.25) is 9.78 Å². The topological polar surface area (TPSA) is 42.0 Å². The van der Waals surface area contributed by atoms with E-state index >= 15 is 0 Å². The number of hydrogen-bond acceptors (Lipinski definition) is 3. The van der Waals surface area contributed by atoms with E-state index in [0.29, 0.717) is 5.02 Å². The number of hydrogen-bond donors (Lipinski definition) is 1. The largest absolute Gasteiger partial charge is 0.372 e. The van der Waals surface area contributed by atoms with Crippen LogP contribution in [-0.2, 0) is 4.79 Å². The highest BCUT2D eigenvalue weighted by molar-refractivity contribution is 6.31. The lowest BCUT2D eigenvalue weighted by atomic mass is 9.78. The van der Waals surface area contributed by atoms with Gasteiger partial charge in [-0.1, -0.05) is 30.9 Å². The second-order valence-corrected chi connectivity index (χ2v) is 6.28. The van der Waals surface area contributed by atoms with Crippen LogP contribution in [0.25, 0.3) is 10.9 Å². The number of nitrogens with zero attached hydrogens (tertiary/aromatic N) is 1. The molecule has 3 nitrogen and oxygen atoms in total. The van der Waals surface area contributed by atoms with Crippen LogP contribution in [0, 0.1) is 0 Å². The second kappa shape index (κ2) is 5.64. The molecule has 0 unspecified atom stereocenters. The van der Waals surface area contributed by atoms with Crippen LogP contribution < -0.4 is 5.32 Å². The fourth-order valence-electron chi connectivity index (χ4n) is 3.21. The van der Waals surface area contributed by atoms with E-state index < -0.39 is 5.54 Å². The lowest BCUT2D eigenvalue weighted by molar-refractivity contribution is -0.122. The Kier molecular flexibility index (Phi) is 3.85. The van der Waals surface area contributed by atoms with Crippen molar-refractivity contribution in [2.24, 2.45) is 0 Å². The fourth-order valence-corrected chi connectivity index (χ4v) is 3.37. The molecule has 1 aromatic carbocycles. The molecule has 1 aliphatic carbocycles. The first kappa shape index (κ1) is 14.3. The van der Waals surface area contributed by atoms with Gasteiger partial charge in [-0.25, -0.2) is 0 Å². The van der Waals surface area contributed by atoms with Crippen molar-refractivity contribution in [3.63, 3.8) is 0 Å². The molecule has 3 rings (SSSR count). The summed E-state index contributed by atoms with van der Waals surface area (Å²) in [5.41, 5.74) is 1.39. The third kappa shape index (κ3) is 2.75. The van der Waals surface area contributed by atoms with Crippen molar-refractivity contribution in [3.8, 4) is 0 Å². The smallest absolute Gasteiger partial charge is 0.155 e. The van der Waals surface area contributed by atoms with Crippen molar-refractivity contribution in [2.75, 3.05) is 5.32 Å². The van der Waals surface area contributed by atoms with Crippen molar-refractivity contribution >= 4 is 34.0 Å². The molecule has 0 aliphatic heterocycles. The molecule has 0 amide bonds. The van der Waals surface area contributed by atoms with Gasteiger partial charge in [0, 0.05) is 22.3 Å². The molecular formula is C17H19ClN2O. The third-order valence-corrected chi connectivity index (χ3v) is 4.69. The van der Waals surface area contributed by atoms with E-state index in [0.717, 1.165) is 42.3 Å². The number of nitrogens with one attached hydrogen (secondary N) is 1. The maximum absolute atomic E-state index is 12.2. The van der Waals surface area contributed by atoms with Gasteiger partial charge in [0.25, 0.3) is 0 Å². The Hall–Kier alpha value is -1.61. The number of carbonyl (C=O) groups is 1. The number of aromatic nitrogens is 1. The van der Waals surface area contributed by atoms with Crippen molar-refractivity contribution in [3.05, 3.63) is 35.5 Å². The Balaban J connectivity index is 2.02. The van der Waals surface area contributed by atoms with Gasteiger partial charge >= 0.3 is 0 Å². The maximum atomic E-state index is 12.2. The van der Waals surface area contributed by atoms with Gasteiger partial charge in [-0.2, -0.15) is 0 Å². The Labute approximate surface area is 129 Å². The van der Waals surface area contributed by atoms with E-state index in [9.17, 15) is 4.79 Å². The molecule has 0 radical (unpaired) electrons. The summed E-state index contributed by atoms with van der Waals surface area (Å²) in [5, 5.41) is 5.20. The monoisotopic (exact) mass is 302 g/mol. The van der Waals surface area contributed by atoms with Crippen LogP contribution in [-0.4, -0.2) is 16.3 Å². The van der Waals surface area contributed by atoms with Crippen molar-refractivity contribution in [1.29, 1.82) is 0 Å². The number of pyridine rings is 1. The standard InChI is InChI=1S/C17H19ClN2O/c1-12(21)17(8-3-2-4-9-17)20-15-7-10-19-16-11-13(18)5-6-14(15)16/h5-7,10-11H,2-4,8-9H2,1H3,(H,19,20). The molecule has 1 fully saturated rings. The average Bonchev–Trinajstić information content (AvgIpc) is 2.48. The van der Waals surface area contributed by atoms with E-state index in [4.69, 9.17) is 11.6 Å². The van der Waals surface area contributed by atoms with E-state index in [-0.39, 0.29) is 5.78 Å². The number of anilines is 1. The number of rotatable bonds is 3. The first-order valence-corrected chi connectivity index (χ1v) is 7.82. The summed E-state index contributed by atoms with van der Waals surface area (Å²) in [5.74, 6) is 0.223. The molecule has 4 heteroatoms. The SMILES string of the molecule is CC(=O)C1(Nc2ccnc3cc(Cl)ccc23)CCCCC1. The molecular weight excluding hydrogens is 284 g/mol. The first-order chi connectivity index (χ1) is 10.1. The number of ketones is 1.